The van der Waals surface area contributed by atoms with Crippen LogP contribution in [0.2, 0.25) is 0 Å². The van der Waals surface area contributed by atoms with E-state index in [4.69, 9.17) is 4.89 Å². The lowest BCUT2D eigenvalue weighted by Crippen LogP contribution is -2.21. The molecule has 0 bridgehead atoms. The second-order valence-electron chi connectivity index (χ2n) is 4.27. The van der Waals surface area contributed by atoms with Gasteiger partial charge in [0.2, 0.25) is 0 Å². The molecule has 0 N–H and O–H groups in total. The van der Waals surface area contributed by atoms with Crippen molar-refractivity contribution in [3.63, 3.8) is 0 Å². The van der Waals surface area contributed by atoms with E-state index in [1.807, 2.05) is 0 Å². The number of rotatable bonds is 4. The molecule has 0 atom stereocenters. The van der Waals surface area contributed by atoms with Crippen LogP contribution < -0.4 is 4.89 Å². The zero-order valence-electron chi connectivity index (χ0n) is 11.0. The Kier molecular flexibility index (Phi) is 3.49. The first-order valence-electron chi connectivity index (χ1n) is 6.09. The minimum atomic E-state index is -0.309. The average molecular weight is 286 g/mol. The van der Waals surface area contributed by atoms with Crippen molar-refractivity contribution in [1.29, 1.82) is 0 Å². The predicted octanol–water partition coefficient (Wildman–Crippen LogP) is 2.27. The largest absolute Gasteiger partial charge is 0.305 e. The van der Waals surface area contributed by atoms with Crippen molar-refractivity contribution >= 4 is 11.6 Å². The van der Waals surface area contributed by atoms with Crippen LogP contribution in [0.25, 0.3) is 0 Å². The zero-order valence-corrected chi connectivity index (χ0v) is 11.0. The average Bonchev–Trinajstić information content (AvgIpc) is 2.53. The maximum Gasteiger partial charge on any atom is 0.198 e. The Bertz CT molecular complexity index is 722. The lowest BCUT2D eigenvalue weighted by molar-refractivity contribution is -0.600. The molecule has 0 fully saturated rings. The molecule has 0 aliphatic heterocycles. The first kappa shape index (κ1) is 13.4. The van der Waals surface area contributed by atoms with Crippen LogP contribution >= 0.6 is 0 Å². The second kappa shape index (κ2) is 5.45. The number of carbonyl (C=O) groups excluding carboxylic acids is 2. The van der Waals surface area contributed by atoms with Crippen molar-refractivity contribution in [1.82, 2.24) is 0 Å². The monoisotopic (exact) mass is 286 g/mol. The van der Waals surface area contributed by atoms with Crippen LogP contribution in [0.5, 0.6) is 5.75 Å². The fourth-order valence-electron chi connectivity index (χ4n) is 2.26. The van der Waals surface area contributed by atoms with Crippen molar-refractivity contribution in [2.45, 2.75) is 0 Å². The maximum absolute atomic E-state index is 12.5. The van der Waals surface area contributed by atoms with Crippen LogP contribution in [-0.4, -0.2) is 18.7 Å². The summed E-state index contributed by atoms with van der Waals surface area (Å²) in [5.41, 5.74) is 1.11. The van der Waals surface area contributed by atoms with Gasteiger partial charge in [0.1, 0.15) is 0 Å². The third-order valence-electron chi connectivity index (χ3n) is 3.13. The molecule has 0 unspecified atom stereocenters. The maximum atomic E-state index is 12.5. The van der Waals surface area contributed by atoms with E-state index in [1.165, 1.54) is 13.2 Å². The highest BCUT2D eigenvalue weighted by Crippen LogP contribution is 2.33. The van der Waals surface area contributed by atoms with E-state index in [0.717, 1.165) is 0 Å². The Balaban J connectivity index is 2.08. The van der Waals surface area contributed by atoms with E-state index in [9.17, 15) is 9.59 Å². The lowest BCUT2D eigenvalue weighted by Gasteiger charge is -2.18. The Labute approximate surface area is 119 Å². The molecule has 0 amide bonds. The molecule has 6 heteroatoms. The quantitative estimate of drug-likeness (QED) is 0.416. The van der Waals surface area contributed by atoms with Crippen LogP contribution in [0.15, 0.2) is 42.5 Å². The van der Waals surface area contributed by atoms with Crippen molar-refractivity contribution in [2.75, 3.05) is 7.11 Å². The molecule has 3 rings (SSSR count). The van der Waals surface area contributed by atoms with E-state index in [1.54, 1.807) is 36.4 Å². The molecular weight excluding hydrogens is 276 g/mol. The summed E-state index contributed by atoms with van der Waals surface area (Å²) in [6.45, 7) is 0. The molecule has 21 heavy (non-hydrogen) atoms. The van der Waals surface area contributed by atoms with Crippen LogP contribution in [0, 0.1) is 0 Å². The Morgan fingerprint density at radius 3 is 2.14 bits per heavy atom. The fourth-order valence-corrected chi connectivity index (χ4v) is 2.26. The van der Waals surface area contributed by atoms with Gasteiger partial charge in [-0.3, -0.25) is 9.59 Å². The zero-order chi connectivity index (χ0) is 14.8. The Hall–Kier alpha value is -2.54. The standard InChI is InChI=1S/C15H10O6/c1-18-20-21-19-12-8-4-7-11-13(12)15(17)10-6-3-2-5-9(10)14(11)16/h2-8H,1H3. The smallest absolute Gasteiger partial charge is 0.198 e. The molecule has 0 aromatic heterocycles. The molecule has 1 aliphatic carbocycles. The number of hydrogen-bond acceptors (Lipinski definition) is 6. The summed E-state index contributed by atoms with van der Waals surface area (Å²) in [6.07, 6.45) is 0. The fraction of sp³-hybridized carbons (Fsp3) is 0.0667. The van der Waals surface area contributed by atoms with Gasteiger partial charge in [-0.25, -0.2) is 4.89 Å². The van der Waals surface area contributed by atoms with Gasteiger partial charge in [0.15, 0.2) is 17.3 Å². The molecule has 2 aromatic carbocycles. The Morgan fingerprint density at radius 1 is 0.762 bits per heavy atom. The SMILES string of the molecule is COOOOc1cccc2c1C(=O)c1ccccc1C2=O. The van der Waals surface area contributed by atoms with Gasteiger partial charge in [0.05, 0.1) is 12.7 Å². The van der Waals surface area contributed by atoms with Crippen molar-refractivity contribution < 1.29 is 29.4 Å². The summed E-state index contributed by atoms with van der Waals surface area (Å²) in [5.74, 6) is -0.465. The minimum Gasteiger partial charge on any atom is -0.305 e. The van der Waals surface area contributed by atoms with E-state index < -0.39 is 0 Å². The molecule has 2 aromatic rings. The third kappa shape index (κ3) is 2.21. The van der Waals surface area contributed by atoms with Gasteiger partial charge in [-0.15, -0.1) is 0 Å². The third-order valence-corrected chi connectivity index (χ3v) is 3.13. The Morgan fingerprint density at radius 2 is 1.43 bits per heavy atom. The summed E-state index contributed by atoms with van der Waals surface area (Å²) < 4.78 is 0. The molecular formula is C15H10O6. The molecule has 0 radical (unpaired) electrons. The first-order valence-corrected chi connectivity index (χ1v) is 6.09. The highest BCUT2D eigenvalue weighted by atomic mass is 17.7. The highest BCUT2D eigenvalue weighted by molar-refractivity contribution is 6.29. The molecule has 0 heterocycles. The van der Waals surface area contributed by atoms with Gasteiger partial charge >= 0.3 is 0 Å². The number of carbonyl (C=O) groups is 2. The van der Waals surface area contributed by atoms with E-state index in [2.05, 4.69) is 15.0 Å². The normalized spacial score (nSPS) is 12.8. The van der Waals surface area contributed by atoms with Crippen LogP contribution in [-0.2, 0) is 15.0 Å². The van der Waals surface area contributed by atoms with Gasteiger partial charge < -0.3 is 4.89 Å². The van der Waals surface area contributed by atoms with Gasteiger partial charge in [0.25, 0.3) is 0 Å². The summed E-state index contributed by atoms with van der Waals surface area (Å²) >= 11 is 0. The predicted molar refractivity (Wildman–Crippen MR) is 69.6 cm³/mol. The highest BCUT2D eigenvalue weighted by Gasteiger charge is 2.32. The second-order valence-corrected chi connectivity index (χ2v) is 4.27. The minimum absolute atomic E-state index is 0.0809. The number of hydrogen-bond donors (Lipinski definition) is 0. The molecule has 0 spiro atoms. The van der Waals surface area contributed by atoms with E-state index in [-0.39, 0.29) is 28.4 Å². The summed E-state index contributed by atoms with van der Waals surface area (Å²) in [6, 6.07) is 11.3. The lowest BCUT2D eigenvalue weighted by atomic mass is 9.84. The number of benzene rings is 2. The molecule has 0 saturated heterocycles. The van der Waals surface area contributed by atoms with Gasteiger partial charge in [-0.2, -0.15) is 0 Å². The van der Waals surface area contributed by atoms with E-state index >= 15 is 0 Å². The molecule has 6 nitrogen and oxygen atoms in total. The summed E-state index contributed by atoms with van der Waals surface area (Å²) in [4.78, 5) is 34.0. The van der Waals surface area contributed by atoms with Crippen molar-refractivity contribution in [2.24, 2.45) is 0 Å². The number of fused-ring (bicyclic) bond motifs is 2. The topological polar surface area (TPSA) is 71.1 Å². The molecule has 0 saturated carbocycles. The summed E-state index contributed by atoms with van der Waals surface area (Å²) in [7, 11) is 1.23. The van der Waals surface area contributed by atoms with Gasteiger partial charge in [0, 0.05) is 21.7 Å². The molecule has 106 valence electrons. The van der Waals surface area contributed by atoms with Crippen molar-refractivity contribution in [3.05, 3.63) is 64.7 Å². The van der Waals surface area contributed by atoms with Crippen LogP contribution in [0.4, 0.5) is 0 Å². The van der Waals surface area contributed by atoms with Gasteiger partial charge in [-0.1, -0.05) is 36.4 Å². The van der Waals surface area contributed by atoms with Gasteiger partial charge in [-0.05, 0) is 11.1 Å². The van der Waals surface area contributed by atoms with E-state index in [0.29, 0.717) is 11.1 Å². The first-order chi connectivity index (χ1) is 10.2. The summed E-state index contributed by atoms with van der Waals surface area (Å²) in [5, 5.41) is 8.46. The van der Waals surface area contributed by atoms with Crippen molar-refractivity contribution in [3.8, 4) is 5.75 Å². The van der Waals surface area contributed by atoms with Crippen LogP contribution in [0.3, 0.4) is 0 Å². The molecule has 1 aliphatic rings. The number of ketones is 2. The van der Waals surface area contributed by atoms with Crippen LogP contribution in [0.1, 0.15) is 31.8 Å².